The lowest BCUT2D eigenvalue weighted by molar-refractivity contribution is 0.625. The molecule has 0 spiro atoms. The van der Waals surface area contributed by atoms with Crippen LogP contribution in [0.2, 0.25) is 0 Å². The molecule has 0 fully saturated rings. The molecule has 108 valence electrons. The molecule has 0 amide bonds. The number of nitrogens with one attached hydrogen (secondary N) is 1. The molecule has 3 N–H and O–H groups in total. The van der Waals surface area contributed by atoms with Crippen LogP contribution in [0.4, 0.5) is 6.01 Å². The smallest absolute Gasteiger partial charge is 0.292 e. The summed E-state index contributed by atoms with van der Waals surface area (Å²) in [7, 11) is 0. The third-order valence-corrected chi connectivity index (χ3v) is 3.76. The molecule has 0 saturated carbocycles. The van der Waals surface area contributed by atoms with Gasteiger partial charge >= 0.3 is 0 Å². The first-order valence-corrected chi connectivity index (χ1v) is 6.70. The van der Waals surface area contributed by atoms with Crippen LogP contribution in [0.1, 0.15) is 25.3 Å². The summed E-state index contributed by atoms with van der Waals surface area (Å²) in [5.41, 5.74) is 10.1. The van der Waals surface area contributed by atoms with Gasteiger partial charge in [-0.25, -0.2) is 0 Å². The predicted octanol–water partition coefficient (Wildman–Crippen LogP) is 2.69. The van der Waals surface area contributed by atoms with Crippen molar-refractivity contribution in [1.29, 1.82) is 10.5 Å². The second kappa shape index (κ2) is 4.94. The van der Waals surface area contributed by atoms with Crippen LogP contribution >= 0.6 is 0 Å². The van der Waals surface area contributed by atoms with E-state index >= 15 is 0 Å². The number of hydrogen-bond acceptors (Lipinski definition) is 6. The number of nitrogen functional groups attached to an aromatic ring is 1. The molecular weight excluding hydrogens is 278 g/mol. The van der Waals surface area contributed by atoms with Gasteiger partial charge in [0.1, 0.15) is 5.52 Å². The van der Waals surface area contributed by atoms with E-state index in [2.05, 4.69) is 22.4 Å². The average Bonchev–Trinajstić information content (AvgIpc) is 2.85. The van der Waals surface area contributed by atoms with Gasteiger partial charge in [0.15, 0.2) is 5.58 Å². The molecule has 1 aromatic heterocycles. The van der Waals surface area contributed by atoms with Crippen LogP contribution in [0.25, 0.3) is 11.1 Å². The van der Waals surface area contributed by atoms with Crippen molar-refractivity contribution in [3.05, 3.63) is 46.3 Å². The Hall–Kier alpha value is -3.25. The van der Waals surface area contributed by atoms with E-state index in [1.54, 1.807) is 12.1 Å². The van der Waals surface area contributed by atoms with E-state index < -0.39 is 5.92 Å². The molecule has 1 aliphatic rings. The summed E-state index contributed by atoms with van der Waals surface area (Å²) in [6.45, 7) is 3.66. The molecule has 1 aliphatic heterocycles. The predicted molar refractivity (Wildman–Crippen MR) is 80.9 cm³/mol. The molecule has 0 atom stereocenters. The highest BCUT2D eigenvalue weighted by Gasteiger charge is 2.29. The fraction of sp³-hybridized carbons (Fsp3) is 0.188. The number of hydrogen-bond donors (Lipinski definition) is 2. The SMILES string of the molecule is CC1=C(C#N)C(c2ccc3nc(N)oc3c2)C(C#N)=C(C)N1. The minimum atomic E-state index is -0.410. The summed E-state index contributed by atoms with van der Waals surface area (Å²) >= 11 is 0. The Morgan fingerprint density at radius 1 is 1.18 bits per heavy atom. The molecule has 3 rings (SSSR count). The molecule has 0 saturated heterocycles. The Balaban J connectivity index is 2.22. The standard InChI is InChI=1S/C16H13N5O/c1-8-11(6-17)15(12(7-18)9(2)20-8)10-3-4-13-14(5-10)22-16(19)21-13/h3-5,15,20H,1-2H3,(H2,19,21). The van der Waals surface area contributed by atoms with Gasteiger partial charge in [0.2, 0.25) is 0 Å². The molecule has 0 radical (unpaired) electrons. The number of rotatable bonds is 1. The molecule has 2 aromatic rings. The lowest BCUT2D eigenvalue weighted by Gasteiger charge is -2.26. The molecular formula is C16H13N5O. The van der Waals surface area contributed by atoms with E-state index in [0.29, 0.717) is 22.2 Å². The van der Waals surface area contributed by atoms with Crippen molar-refractivity contribution in [2.75, 3.05) is 5.73 Å². The quantitative estimate of drug-likeness (QED) is 0.835. The Kier molecular flexibility index (Phi) is 3.08. The van der Waals surface area contributed by atoms with Crippen LogP contribution in [0.15, 0.2) is 45.2 Å². The van der Waals surface area contributed by atoms with Crippen molar-refractivity contribution in [3.63, 3.8) is 0 Å². The zero-order valence-corrected chi connectivity index (χ0v) is 12.1. The zero-order valence-electron chi connectivity index (χ0n) is 12.1. The van der Waals surface area contributed by atoms with Crippen molar-refractivity contribution in [3.8, 4) is 12.1 Å². The van der Waals surface area contributed by atoms with Gasteiger partial charge in [-0.05, 0) is 31.5 Å². The van der Waals surface area contributed by atoms with E-state index in [4.69, 9.17) is 10.2 Å². The highest BCUT2D eigenvalue weighted by atomic mass is 16.4. The maximum absolute atomic E-state index is 9.47. The number of oxazole rings is 1. The number of nitrogens with two attached hydrogens (primary N) is 1. The number of benzene rings is 1. The first-order chi connectivity index (χ1) is 10.5. The third kappa shape index (κ3) is 1.99. The largest absolute Gasteiger partial charge is 0.424 e. The van der Waals surface area contributed by atoms with Crippen LogP contribution in [0, 0.1) is 22.7 Å². The maximum atomic E-state index is 9.47. The topological polar surface area (TPSA) is 112 Å². The molecule has 6 nitrogen and oxygen atoms in total. The number of fused-ring (bicyclic) bond motifs is 1. The first-order valence-electron chi connectivity index (χ1n) is 6.70. The van der Waals surface area contributed by atoms with Gasteiger partial charge in [0, 0.05) is 11.4 Å². The number of nitriles is 2. The lowest BCUT2D eigenvalue weighted by atomic mass is 9.81. The van der Waals surface area contributed by atoms with E-state index in [1.165, 1.54) is 0 Å². The van der Waals surface area contributed by atoms with Gasteiger partial charge in [-0.2, -0.15) is 15.5 Å². The number of nitrogens with zero attached hydrogens (tertiary/aromatic N) is 3. The highest BCUT2D eigenvalue weighted by Crippen LogP contribution is 2.38. The Labute approximate surface area is 127 Å². The highest BCUT2D eigenvalue weighted by molar-refractivity contribution is 5.76. The fourth-order valence-electron chi connectivity index (χ4n) is 2.76. The van der Waals surface area contributed by atoms with Crippen LogP contribution in [-0.2, 0) is 0 Å². The van der Waals surface area contributed by atoms with E-state index in [9.17, 15) is 10.5 Å². The molecule has 6 heteroatoms. The number of dihydropyridines is 1. The molecule has 0 aliphatic carbocycles. The Morgan fingerprint density at radius 2 is 1.82 bits per heavy atom. The van der Waals surface area contributed by atoms with Crippen molar-refractivity contribution in [1.82, 2.24) is 10.3 Å². The monoisotopic (exact) mass is 291 g/mol. The second-order valence-electron chi connectivity index (χ2n) is 5.14. The van der Waals surface area contributed by atoms with Crippen molar-refractivity contribution in [2.45, 2.75) is 19.8 Å². The van der Waals surface area contributed by atoms with Gasteiger partial charge in [-0.15, -0.1) is 0 Å². The van der Waals surface area contributed by atoms with Crippen LogP contribution in [0.3, 0.4) is 0 Å². The van der Waals surface area contributed by atoms with Crippen LogP contribution in [0.5, 0.6) is 0 Å². The van der Waals surface area contributed by atoms with Crippen molar-refractivity contribution < 1.29 is 4.42 Å². The minimum Gasteiger partial charge on any atom is -0.424 e. The summed E-state index contributed by atoms with van der Waals surface area (Å²) < 4.78 is 5.34. The molecule has 0 unspecified atom stereocenters. The Morgan fingerprint density at radius 3 is 2.41 bits per heavy atom. The van der Waals surface area contributed by atoms with E-state index in [1.807, 2.05) is 19.9 Å². The van der Waals surface area contributed by atoms with Gasteiger partial charge in [0.05, 0.1) is 29.2 Å². The summed E-state index contributed by atoms with van der Waals surface area (Å²) in [6, 6.07) is 9.90. The molecule has 22 heavy (non-hydrogen) atoms. The Bertz CT molecular complexity index is 884. The van der Waals surface area contributed by atoms with E-state index in [0.717, 1.165) is 17.0 Å². The van der Waals surface area contributed by atoms with Crippen molar-refractivity contribution in [2.24, 2.45) is 0 Å². The minimum absolute atomic E-state index is 0.0944. The number of anilines is 1. The summed E-state index contributed by atoms with van der Waals surface area (Å²) in [5.74, 6) is -0.410. The van der Waals surface area contributed by atoms with E-state index in [-0.39, 0.29) is 6.01 Å². The normalized spacial score (nSPS) is 15.6. The van der Waals surface area contributed by atoms with Crippen molar-refractivity contribution >= 4 is 17.1 Å². The fourth-order valence-corrected chi connectivity index (χ4v) is 2.76. The van der Waals surface area contributed by atoms with Gasteiger partial charge in [0.25, 0.3) is 6.01 Å². The van der Waals surface area contributed by atoms with Gasteiger partial charge in [-0.3, -0.25) is 0 Å². The maximum Gasteiger partial charge on any atom is 0.292 e. The first kappa shape index (κ1) is 13.7. The van der Waals surface area contributed by atoms with Crippen LogP contribution < -0.4 is 11.1 Å². The number of aromatic nitrogens is 1. The lowest BCUT2D eigenvalue weighted by Crippen LogP contribution is -2.23. The molecule has 0 bridgehead atoms. The molecule has 1 aromatic carbocycles. The summed E-state index contributed by atoms with van der Waals surface area (Å²) in [6.07, 6.45) is 0. The average molecular weight is 291 g/mol. The van der Waals surface area contributed by atoms with Gasteiger partial charge in [-0.1, -0.05) is 6.07 Å². The summed E-state index contributed by atoms with van der Waals surface area (Å²) in [4.78, 5) is 4.05. The molecule has 2 heterocycles. The second-order valence-corrected chi connectivity index (χ2v) is 5.14. The van der Waals surface area contributed by atoms with Gasteiger partial charge < -0.3 is 15.5 Å². The van der Waals surface area contributed by atoms with Crippen LogP contribution in [-0.4, -0.2) is 4.98 Å². The zero-order chi connectivity index (χ0) is 15.9. The number of allylic oxidation sites excluding steroid dienone is 4. The summed E-state index contributed by atoms with van der Waals surface area (Å²) in [5, 5.41) is 22.0. The third-order valence-electron chi connectivity index (χ3n) is 3.76.